The van der Waals surface area contributed by atoms with Crippen LogP contribution >= 0.6 is 0 Å². The number of amides is 1. The van der Waals surface area contributed by atoms with Crippen LogP contribution in [0.1, 0.15) is 27.0 Å². The Labute approximate surface area is 174 Å². The van der Waals surface area contributed by atoms with E-state index in [2.05, 4.69) is 28.6 Å². The fraction of sp³-hybridized carbons (Fsp3) is 0.208. The van der Waals surface area contributed by atoms with Gasteiger partial charge in [0, 0.05) is 36.6 Å². The van der Waals surface area contributed by atoms with Crippen molar-refractivity contribution in [2.75, 3.05) is 6.54 Å². The summed E-state index contributed by atoms with van der Waals surface area (Å²) in [5.41, 5.74) is 6.01. The fourth-order valence-electron chi connectivity index (χ4n) is 3.56. The summed E-state index contributed by atoms with van der Waals surface area (Å²) in [6, 6.07) is 15.5. The second-order valence-electron chi connectivity index (χ2n) is 7.55. The van der Waals surface area contributed by atoms with Crippen molar-refractivity contribution < 1.29 is 4.79 Å². The number of nitrogens with one attached hydrogen (secondary N) is 1. The van der Waals surface area contributed by atoms with Gasteiger partial charge in [-0.15, -0.1) is 0 Å². The molecule has 2 aromatic heterocycles. The smallest absolute Gasteiger partial charge is 0.276 e. The minimum Gasteiger partial charge on any atom is -0.350 e. The van der Waals surface area contributed by atoms with Gasteiger partial charge in [-0.05, 0) is 50.1 Å². The summed E-state index contributed by atoms with van der Waals surface area (Å²) in [6.07, 6.45) is 3.48. The monoisotopic (exact) mass is 400 g/mol. The zero-order chi connectivity index (χ0) is 21.3. The minimum atomic E-state index is -0.135. The molecule has 152 valence electrons. The van der Waals surface area contributed by atoms with Crippen molar-refractivity contribution in [3.63, 3.8) is 0 Å². The number of fused-ring (bicyclic) bond motifs is 1. The molecular formula is C24H24N4O2. The Balaban J connectivity index is 1.54. The van der Waals surface area contributed by atoms with Crippen LogP contribution in [-0.4, -0.2) is 26.6 Å². The summed E-state index contributed by atoms with van der Waals surface area (Å²) in [5, 5.41) is 7.47. The number of aromatic nitrogens is 3. The summed E-state index contributed by atoms with van der Waals surface area (Å²) in [6.45, 7) is 6.73. The highest BCUT2D eigenvalue weighted by atomic mass is 16.1. The number of carbonyl (C=O) groups is 1. The van der Waals surface area contributed by atoms with E-state index in [0.29, 0.717) is 24.2 Å². The molecule has 0 fully saturated rings. The van der Waals surface area contributed by atoms with Gasteiger partial charge in [0.2, 0.25) is 0 Å². The topological polar surface area (TPSA) is 68.4 Å². The Kier molecular flexibility index (Phi) is 5.23. The molecule has 0 aliphatic rings. The first kappa shape index (κ1) is 19.6. The van der Waals surface area contributed by atoms with Gasteiger partial charge in [-0.25, -0.2) is 4.52 Å². The van der Waals surface area contributed by atoms with Crippen molar-refractivity contribution in [2.45, 2.75) is 27.3 Å². The summed E-state index contributed by atoms with van der Waals surface area (Å²) < 4.78 is 3.21. The second kappa shape index (κ2) is 7.99. The molecule has 0 spiro atoms. The third-order valence-electron chi connectivity index (χ3n) is 5.30. The number of hydrogen-bond donors (Lipinski definition) is 1. The highest BCUT2D eigenvalue weighted by molar-refractivity contribution is 5.95. The van der Waals surface area contributed by atoms with Gasteiger partial charge in [0.05, 0.1) is 5.69 Å². The molecule has 4 rings (SSSR count). The average Bonchev–Trinajstić information content (AvgIpc) is 3.17. The van der Waals surface area contributed by atoms with Gasteiger partial charge in [-0.2, -0.15) is 5.10 Å². The Morgan fingerprint density at radius 2 is 1.80 bits per heavy atom. The van der Waals surface area contributed by atoms with E-state index in [-0.39, 0.29) is 11.5 Å². The molecule has 0 radical (unpaired) electrons. The fourth-order valence-corrected chi connectivity index (χ4v) is 3.56. The SMILES string of the molecule is Cc1ccc(C)c(-c2cc3c(=O)n(CCNC(=O)c4ccccc4C)ccn3n2)c1. The lowest BCUT2D eigenvalue weighted by Crippen LogP contribution is -2.31. The van der Waals surface area contributed by atoms with E-state index < -0.39 is 0 Å². The van der Waals surface area contributed by atoms with Gasteiger partial charge in [-0.1, -0.05) is 35.9 Å². The van der Waals surface area contributed by atoms with E-state index in [4.69, 9.17) is 0 Å². The van der Waals surface area contributed by atoms with E-state index in [1.807, 2.05) is 45.0 Å². The van der Waals surface area contributed by atoms with Gasteiger partial charge < -0.3 is 9.88 Å². The van der Waals surface area contributed by atoms with Crippen molar-refractivity contribution >= 4 is 11.4 Å². The number of hydrogen-bond acceptors (Lipinski definition) is 3. The van der Waals surface area contributed by atoms with E-state index in [1.165, 1.54) is 0 Å². The van der Waals surface area contributed by atoms with E-state index in [9.17, 15) is 9.59 Å². The zero-order valence-electron chi connectivity index (χ0n) is 17.3. The van der Waals surface area contributed by atoms with Crippen LogP contribution in [0.2, 0.25) is 0 Å². The Morgan fingerprint density at radius 1 is 1.00 bits per heavy atom. The normalized spacial score (nSPS) is 11.0. The molecule has 0 bridgehead atoms. The van der Waals surface area contributed by atoms with E-state index in [0.717, 1.165) is 27.9 Å². The minimum absolute atomic E-state index is 0.133. The standard InChI is InChI=1S/C24H24N4O2/c1-16-8-9-18(3)20(14-16)21-15-22-24(30)27(12-13-28(22)26-21)11-10-25-23(29)19-7-5-4-6-17(19)2/h4-9,12-15H,10-11H2,1-3H3,(H,25,29). The lowest BCUT2D eigenvalue weighted by molar-refractivity contribution is 0.0951. The maximum Gasteiger partial charge on any atom is 0.276 e. The maximum absolute atomic E-state index is 12.9. The van der Waals surface area contributed by atoms with Gasteiger partial charge in [-0.3, -0.25) is 9.59 Å². The molecule has 2 aromatic carbocycles. The number of benzene rings is 2. The Hall–Kier alpha value is -3.67. The molecule has 1 amide bonds. The Bertz CT molecular complexity index is 1300. The molecule has 0 aliphatic heterocycles. The third kappa shape index (κ3) is 3.76. The largest absolute Gasteiger partial charge is 0.350 e. The molecule has 30 heavy (non-hydrogen) atoms. The van der Waals surface area contributed by atoms with Gasteiger partial charge in [0.1, 0.15) is 5.52 Å². The van der Waals surface area contributed by atoms with E-state index >= 15 is 0 Å². The van der Waals surface area contributed by atoms with Crippen molar-refractivity contribution in [3.8, 4) is 11.3 Å². The van der Waals surface area contributed by atoms with Crippen LogP contribution in [0.3, 0.4) is 0 Å². The zero-order valence-corrected chi connectivity index (χ0v) is 17.3. The lowest BCUT2D eigenvalue weighted by Gasteiger charge is -2.09. The molecule has 0 atom stereocenters. The first-order chi connectivity index (χ1) is 14.4. The van der Waals surface area contributed by atoms with Crippen LogP contribution in [0.4, 0.5) is 0 Å². The van der Waals surface area contributed by atoms with Crippen LogP contribution in [-0.2, 0) is 6.54 Å². The van der Waals surface area contributed by atoms with Crippen LogP contribution in [0, 0.1) is 20.8 Å². The highest BCUT2D eigenvalue weighted by Gasteiger charge is 2.12. The molecule has 6 nitrogen and oxygen atoms in total. The van der Waals surface area contributed by atoms with Crippen LogP contribution < -0.4 is 10.9 Å². The second-order valence-corrected chi connectivity index (χ2v) is 7.55. The van der Waals surface area contributed by atoms with Gasteiger partial charge in [0.25, 0.3) is 11.5 Å². The summed E-state index contributed by atoms with van der Waals surface area (Å²) in [4.78, 5) is 25.3. The van der Waals surface area contributed by atoms with Crippen LogP contribution in [0.25, 0.3) is 16.8 Å². The van der Waals surface area contributed by atoms with Crippen molar-refractivity contribution in [2.24, 2.45) is 0 Å². The predicted molar refractivity (Wildman–Crippen MR) is 118 cm³/mol. The summed E-state index contributed by atoms with van der Waals surface area (Å²) in [5.74, 6) is -0.135. The number of nitrogens with zero attached hydrogens (tertiary/aromatic N) is 3. The average molecular weight is 400 g/mol. The molecule has 6 heteroatoms. The first-order valence-electron chi connectivity index (χ1n) is 9.94. The van der Waals surface area contributed by atoms with Gasteiger partial charge >= 0.3 is 0 Å². The molecule has 0 aliphatic carbocycles. The number of carbonyl (C=O) groups excluding carboxylic acids is 1. The van der Waals surface area contributed by atoms with Crippen LogP contribution in [0.5, 0.6) is 0 Å². The van der Waals surface area contributed by atoms with Crippen molar-refractivity contribution in [1.29, 1.82) is 0 Å². The summed E-state index contributed by atoms with van der Waals surface area (Å²) >= 11 is 0. The first-order valence-corrected chi connectivity index (χ1v) is 9.94. The van der Waals surface area contributed by atoms with Crippen molar-refractivity contribution in [1.82, 2.24) is 19.5 Å². The highest BCUT2D eigenvalue weighted by Crippen LogP contribution is 2.23. The van der Waals surface area contributed by atoms with Crippen LogP contribution in [0.15, 0.2) is 65.7 Å². The Morgan fingerprint density at radius 3 is 2.60 bits per heavy atom. The lowest BCUT2D eigenvalue weighted by atomic mass is 10.0. The maximum atomic E-state index is 12.9. The molecule has 4 aromatic rings. The molecule has 0 saturated heterocycles. The molecule has 2 heterocycles. The number of aryl methyl sites for hydroxylation is 3. The molecule has 0 saturated carbocycles. The van der Waals surface area contributed by atoms with Crippen molar-refractivity contribution in [3.05, 3.63) is 93.5 Å². The molecular weight excluding hydrogens is 376 g/mol. The quantitative estimate of drug-likeness (QED) is 0.557. The van der Waals surface area contributed by atoms with E-state index in [1.54, 1.807) is 27.5 Å². The molecule has 0 unspecified atom stereocenters. The molecule has 1 N–H and O–H groups in total. The van der Waals surface area contributed by atoms with Gasteiger partial charge in [0.15, 0.2) is 0 Å². The summed E-state index contributed by atoms with van der Waals surface area (Å²) in [7, 11) is 0. The predicted octanol–water partition coefficient (Wildman–Crippen LogP) is 3.52. The third-order valence-corrected chi connectivity index (χ3v) is 5.30. The number of rotatable bonds is 5.